The van der Waals surface area contributed by atoms with Gasteiger partial charge < -0.3 is 20.1 Å². The molecule has 0 saturated carbocycles. The molecule has 5 heteroatoms. The number of aliphatic hydroxyl groups is 3. The number of unbranched alkanes of at least 4 members (excludes halogenated alkanes) is 16. The van der Waals surface area contributed by atoms with E-state index in [1.165, 1.54) is 89.9 Å². The minimum Gasteiger partial charge on any atom is -0.465 e. The van der Waals surface area contributed by atoms with E-state index in [1.807, 2.05) is 6.92 Å². The van der Waals surface area contributed by atoms with Crippen molar-refractivity contribution in [3.8, 4) is 0 Å². The zero-order valence-corrected chi connectivity index (χ0v) is 20.4. The quantitative estimate of drug-likeness (QED) is 0.127. The molecule has 186 valence electrons. The summed E-state index contributed by atoms with van der Waals surface area (Å²) in [5.74, 6) is -0.221. The minimum atomic E-state index is -0.698. The van der Waals surface area contributed by atoms with Crippen LogP contribution in [0.25, 0.3) is 0 Å². The van der Waals surface area contributed by atoms with Crippen LogP contribution in [0, 0.1) is 5.41 Å². The van der Waals surface area contributed by atoms with Gasteiger partial charge in [0.2, 0.25) is 0 Å². The largest absolute Gasteiger partial charge is 0.465 e. The minimum absolute atomic E-state index is 0.0980. The first kappa shape index (κ1) is 30.4. The van der Waals surface area contributed by atoms with Crippen LogP contribution in [-0.2, 0) is 9.53 Å². The van der Waals surface area contributed by atoms with Gasteiger partial charge in [0, 0.05) is 13.0 Å². The number of esters is 1. The summed E-state index contributed by atoms with van der Waals surface area (Å²) in [6.45, 7) is 1.99. The fraction of sp³-hybridized carbons (Fsp3) is 0.962. The third-order valence-corrected chi connectivity index (χ3v) is 6.50. The number of aliphatic hydroxyl groups excluding tert-OH is 3. The molecule has 0 amide bonds. The van der Waals surface area contributed by atoms with Crippen molar-refractivity contribution >= 4 is 5.97 Å². The first-order valence-corrected chi connectivity index (χ1v) is 13.1. The summed E-state index contributed by atoms with van der Waals surface area (Å²) in [5.41, 5.74) is -0.698. The molecule has 0 aliphatic rings. The van der Waals surface area contributed by atoms with Crippen LogP contribution in [0.4, 0.5) is 0 Å². The maximum atomic E-state index is 11.8. The van der Waals surface area contributed by atoms with Crippen LogP contribution in [0.15, 0.2) is 0 Å². The molecule has 0 spiro atoms. The molecule has 0 aromatic carbocycles. The topological polar surface area (TPSA) is 87.0 Å². The Labute approximate surface area is 192 Å². The Morgan fingerprint density at radius 3 is 1.29 bits per heavy atom. The summed E-state index contributed by atoms with van der Waals surface area (Å²) < 4.78 is 5.25. The Bertz CT molecular complexity index is 374. The van der Waals surface area contributed by atoms with Crippen molar-refractivity contribution in [2.45, 2.75) is 129 Å². The molecule has 5 nitrogen and oxygen atoms in total. The van der Waals surface area contributed by atoms with Crippen LogP contribution < -0.4 is 0 Å². The Morgan fingerprint density at radius 1 is 0.613 bits per heavy atom. The first-order valence-electron chi connectivity index (χ1n) is 13.1. The summed E-state index contributed by atoms with van der Waals surface area (Å²) in [6, 6.07) is 0. The highest BCUT2D eigenvalue weighted by Crippen LogP contribution is 2.21. The van der Waals surface area contributed by atoms with Crippen LogP contribution in [0.5, 0.6) is 0 Å². The van der Waals surface area contributed by atoms with Crippen molar-refractivity contribution < 1.29 is 24.9 Å². The lowest BCUT2D eigenvalue weighted by Crippen LogP contribution is -2.35. The number of carbonyl (C=O) groups excluding carboxylic acids is 1. The smallest absolute Gasteiger partial charge is 0.305 e. The second-order valence-electron chi connectivity index (χ2n) is 9.31. The van der Waals surface area contributed by atoms with Gasteiger partial charge in [-0.05, 0) is 19.3 Å². The molecule has 0 aliphatic carbocycles. The van der Waals surface area contributed by atoms with Crippen molar-refractivity contribution in [1.82, 2.24) is 0 Å². The van der Waals surface area contributed by atoms with E-state index in [9.17, 15) is 15.0 Å². The zero-order chi connectivity index (χ0) is 23.0. The average molecular weight is 445 g/mol. The second-order valence-corrected chi connectivity index (χ2v) is 9.31. The van der Waals surface area contributed by atoms with Crippen LogP contribution in [0.3, 0.4) is 0 Å². The predicted molar refractivity (Wildman–Crippen MR) is 128 cm³/mol. The van der Waals surface area contributed by atoms with Gasteiger partial charge in [-0.25, -0.2) is 0 Å². The van der Waals surface area contributed by atoms with Gasteiger partial charge in [0.25, 0.3) is 0 Å². The molecule has 3 N–H and O–H groups in total. The van der Waals surface area contributed by atoms with Gasteiger partial charge >= 0.3 is 5.97 Å². The molecule has 0 aromatic heterocycles. The fourth-order valence-corrected chi connectivity index (χ4v) is 3.81. The van der Waals surface area contributed by atoms with E-state index in [2.05, 4.69) is 0 Å². The normalized spacial score (nSPS) is 11.7. The van der Waals surface area contributed by atoms with Crippen molar-refractivity contribution in [2.24, 2.45) is 5.41 Å². The average Bonchev–Trinajstić information content (AvgIpc) is 2.79. The highest BCUT2D eigenvalue weighted by molar-refractivity contribution is 5.69. The molecule has 0 aliphatic heterocycles. The van der Waals surface area contributed by atoms with Crippen molar-refractivity contribution in [3.05, 3.63) is 0 Å². The Hall–Kier alpha value is -0.650. The van der Waals surface area contributed by atoms with E-state index in [-0.39, 0.29) is 25.8 Å². The molecule has 0 unspecified atom stereocenters. The van der Waals surface area contributed by atoms with Crippen LogP contribution >= 0.6 is 0 Å². The number of carbonyl (C=O) groups is 1. The Kier molecular flexibility index (Phi) is 22.1. The monoisotopic (exact) mass is 444 g/mol. The SMILES string of the molecule is CCC(CO)(CO)COC(=O)CCCCCCCCCCCCCCCCCCCO. The lowest BCUT2D eigenvalue weighted by Gasteiger charge is -2.27. The first-order chi connectivity index (χ1) is 15.1. The summed E-state index contributed by atoms with van der Waals surface area (Å²) in [7, 11) is 0. The summed E-state index contributed by atoms with van der Waals surface area (Å²) >= 11 is 0. The van der Waals surface area contributed by atoms with Gasteiger partial charge in [-0.3, -0.25) is 4.79 Å². The van der Waals surface area contributed by atoms with Gasteiger partial charge in [0.1, 0.15) is 6.61 Å². The lowest BCUT2D eigenvalue weighted by molar-refractivity contribution is -0.149. The van der Waals surface area contributed by atoms with E-state index in [4.69, 9.17) is 9.84 Å². The third kappa shape index (κ3) is 18.6. The van der Waals surface area contributed by atoms with Gasteiger partial charge in [-0.15, -0.1) is 0 Å². The molecule has 0 fully saturated rings. The molecule has 0 atom stereocenters. The predicted octanol–water partition coefficient (Wildman–Crippen LogP) is 5.92. The van der Waals surface area contributed by atoms with Crippen molar-refractivity contribution in [1.29, 1.82) is 0 Å². The highest BCUT2D eigenvalue weighted by Gasteiger charge is 2.28. The van der Waals surface area contributed by atoms with Crippen LogP contribution in [0.1, 0.15) is 129 Å². The maximum absolute atomic E-state index is 11.8. The van der Waals surface area contributed by atoms with Gasteiger partial charge in [0.05, 0.1) is 18.6 Å². The standard InChI is InChI=1S/C26H52O5/c1-2-26(22-28,23-29)24-31-25(30)20-18-16-14-12-10-8-6-4-3-5-7-9-11-13-15-17-19-21-27/h27-29H,2-24H2,1H3. The molecule has 0 radical (unpaired) electrons. The molecular weight excluding hydrogens is 392 g/mol. The van der Waals surface area contributed by atoms with Crippen molar-refractivity contribution in [3.63, 3.8) is 0 Å². The summed E-state index contributed by atoms with van der Waals surface area (Å²) in [6.07, 6.45) is 22.3. The molecule has 0 bridgehead atoms. The Morgan fingerprint density at radius 2 is 0.968 bits per heavy atom. The van der Waals surface area contributed by atoms with Crippen LogP contribution in [-0.4, -0.2) is 47.7 Å². The Balaban J connectivity index is 3.30. The van der Waals surface area contributed by atoms with Gasteiger partial charge in [-0.1, -0.05) is 103 Å². The third-order valence-electron chi connectivity index (χ3n) is 6.50. The van der Waals surface area contributed by atoms with E-state index < -0.39 is 5.41 Å². The molecular formula is C26H52O5. The van der Waals surface area contributed by atoms with E-state index in [0.29, 0.717) is 19.4 Å². The summed E-state index contributed by atoms with van der Waals surface area (Å²) in [4.78, 5) is 11.8. The molecule has 0 heterocycles. The molecule has 0 rings (SSSR count). The second kappa shape index (κ2) is 22.5. The van der Waals surface area contributed by atoms with Gasteiger partial charge in [0.15, 0.2) is 0 Å². The van der Waals surface area contributed by atoms with E-state index >= 15 is 0 Å². The van der Waals surface area contributed by atoms with E-state index in [1.54, 1.807) is 0 Å². The van der Waals surface area contributed by atoms with Crippen LogP contribution in [0.2, 0.25) is 0 Å². The summed E-state index contributed by atoms with van der Waals surface area (Å²) in [5, 5.41) is 27.5. The number of rotatable bonds is 24. The number of ether oxygens (including phenoxy) is 1. The molecule has 0 saturated heterocycles. The lowest BCUT2D eigenvalue weighted by atomic mass is 9.88. The zero-order valence-electron chi connectivity index (χ0n) is 20.4. The molecule has 0 aromatic rings. The highest BCUT2D eigenvalue weighted by atomic mass is 16.5. The maximum Gasteiger partial charge on any atom is 0.305 e. The fourth-order valence-electron chi connectivity index (χ4n) is 3.81. The number of hydrogen-bond donors (Lipinski definition) is 3. The number of hydrogen-bond acceptors (Lipinski definition) is 5. The van der Waals surface area contributed by atoms with Crippen molar-refractivity contribution in [2.75, 3.05) is 26.4 Å². The molecule has 31 heavy (non-hydrogen) atoms. The van der Waals surface area contributed by atoms with E-state index in [0.717, 1.165) is 19.3 Å². The van der Waals surface area contributed by atoms with Gasteiger partial charge in [-0.2, -0.15) is 0 Å².